The zero-order chi connectivity index (χ0) is 12.8. The lowest BCUT2D eigenvalue weighted by molar-refractivity contribution is -0.137. The van der Waals surface area contributed by atoms with Crippen LogP contribution in [0, 0.1) is 0 Å². The number of aromatic nitrogens is 1. The summed E-state index contributed by atoms with van der Waals surface area (Å²) in [5.41, 5.74) is 0.828. The fourth-order valence-corrected chi connectivity index (χ4v) is 2.14. The molecule has 0 bridgehead atoms. The summed E-state index contributed by atoms with van der Waals surface area (Å²) in [6.07, 6.45) is 2.43. The standard InChI is InChI=1S/C12H14N2O3S/c15-11(16)4-1-5-13-7-9-8-17-12(14-9)10-3-2-6-18-10/h2-3,6,8,13H,1,4-5,7H2,(H,15,16). The highest BCUT2D eigenvalue weighted by molar-refractivity contribution is 7.13. The highest BCUT2D eigenvalue weighted by Crippen LogP contribution is 2.23. The number of thiophene rings is 1. The third-order valence-electron chi connectivity index (χ3n) is 2.33. The summed E-state index contributed by atoms with van der Waals surface area (Å²) in [7, 11) is 0. The van der Waals surface area contributed by atoms with Gasteiger partial charge in [0.15, 0.2) is 0 Å². The molecule has 2 aromatic rings. The van der Waals surface area contributed by atoms with Crippen LogP contribution in [0.3, 0.4) is 0 Å². The Bertz CT molecular complexity index is 493. The van der Waals surface area contributed by atoms with Gasteiger partial charge in [0.25, 0.3) is 0 Å². The van der Waals surface area contributed by atoms with E-state index < -0.39 is 5.97 Å². The van der Waals surface area contributed by atoms with Gasteiger partial charge in [0.2, 0.25) is 5.89 Å². The molecule has 0 radical (unpaired) electrons. The predicted molar refractivity (Wildman–Crippen MR) is 68.4 cm³/mol. The number of carboxylic acid groups (broad SMARTS) is 1. The van der Waals surface area contributed by atoms with Gasteiger partial charge < -0.3 is 14.8 Å². The van der Waals surface area contributed by atoms with Crippen LogP contribution >= 0.6 is 11.3 Å². The fraction of sp³-hybridized carbons (Fsp3) is 0.333. The van der Waals surface area contributed by atoms with Gasteiger partial charge in [0, 0.05) is 13.0 Å². The maximum absolute atomic E-state index is 10.3. The van der Waals surface area contributed by atoms with E-state index in [0.29, 0.717) is 25.4 Å². The summed E-state index contributed by atoms with van der Waals surface area (Å²) < 4.78 is 5.37. The molecule has 0 unspecified atom stereocenters. The van der Waals surface area contributed by atoms with Crippen molar-refractivity contribution in [1.82, 2.24) is 10.3 Å². The lowest BCUT2D eigenvalue weighted by atomic mass is 10.3. The monoisotopic (exact) mass is 266 g/mol. The molecule has 2 rings (SSSR count). The van der Waals surface area contributed by atoms with Gasteiger partial charge in [-0.2, -0.15) is 0 Å². The lowest BCUT2D eigenvalue weighted by Gasteiger charge is -1.99. The van der Waals surface area contributed by atoms with Crippen LogP contribution in [0.4, 0.5) is 0 Å². The molecule has 0 aliphatic carbocycles. The number of hydrogen-bond donors (Lipinski definition) is 2. The van der Waals surface area contributed by atoms with Crippen LogP contribution in [0.5, 0.6) is 0 Å². The molecule has 0 atom stereocenters. The number of carbonyl (C=O) groups is 1. The second-order valence-electron chi connectivity index (χ2n) is 3.80. The number of carboxylic acids is 1. The van der Waals surface area contributed by atoms with E-state index in [1.807, 2.05) is 17.5 Å². The molecule has 0 aliphatic heterocycles. The molecule has 96 valence electrons. The quantitative estimate of drug-likeness (QED) is 0.752. The Balaban J connectivity index is 1.76. The number of aliphatic carboxylic acids is 1. The molecule has 2 N–H and O–H groups in total. The first-order chi connectivity index (χ1) is 8.75. The SMILES string of the molecule is O=C(O)CCCNCc1coc(-c2cccs2)n1. The fourth-order valence-electron chi connectivity index (χ4n) is 1.48. The minimum absolute atomic E-state index is 0.187. The van der Waals surface area contributed by atoms with Crippen LogP contribution in [-0.2, 0) is 11.3 Å². The summed E-state index contributed by atoms with van der Waals surface area (Å²) in [6, 6.07) is 3.91. The van der Waals surface area contributed by atoms with Gasteiger partial charge in [-0.25, -0.2) is 4.98 Å². The smallest absolute Gasteiger partial charge is 0.303 e. The molecule has 0 amide bonds. The molecule has 0 fully saturated rings. The van der Waals surface area contributed by atoms with Gasteiger partial charge in [-0.15, -0.1) is 11.3 Å². The average molecular weight is 266 g/mol. The van der Waals surface area contributed by atoms with Crippen molar-refractivity contribution in [1.29, 1.82) is 0 Å². The van der Waals surface area contributed by atoms with E-state index in [1.165, 1.54) is 0 Å². The van der Waals surface area contributed by atoms with E-state index in [4.69, 9.17) is 9.52 Å². The van der Waals surface area contributed by atoms with Crippen molar-refractivity contribution in [3.8, 4) is 10.8 Å². The number of oxazole rings is 1. The number of hydrogen-bond acceptors (Lipinski definition) is 5. The molecule has 5 nitrogen and oxygen atoms in total. The number of nitrogens with zero attached hydrogens (tertiary/aromatic N) is 1. The van der Waals surface area contributed by atoms with Gasteiger partial charge in [-0.05, 0) is 24.4 Å². The molecule has 0 aromatic carbocycles. The Morgan fingerprint density at radius 1 is 1.56 bits per heavy atom. The summed E-state index contributed by atoms with van der Waals surface area (Å²) in [5, 5.41) is 13.6. The van der Waals surface area contributed by atoms with Crippen molar-refractivity contribution in [3.63, 3.8) is 0 Å². The topological polar surface area (TPSA) is 75.4 Å². The van der Waals surface area contributed by atoms with Crippen LogP contribution < -0.4 is 5.32 Å². The van der Waals surface area contributed by atoms with Crippen molar-refractivity contribution < 1.29 is 14.3 Å². The largest absolute Gasteiger partial charge is 0.481 e. The molecule has 18 heavy (non-hydrogen) atoms. The Morgan fingerprint density at radius 2 is 2.44 bits per heavy atom. The molecule has 0 saturated heterocycles. The molecule has 2 heterocycles. The van der Waals surface area contributed by atoms with Crippen molar-refractivity contribution in [2.75, 3.05) is 6.54 Å². The number of nitrogens with one attached hydrogen (secondary N) is 1. The third kappa shape index (κ3) is 3.68. The highest BCUT2D eigenvalue weighted by atomic mass is 32.1. The highest BCUT2D eigenvalue weighted by Gasteiger charge is 2.06. The van der Waals surface area contributed by atoms with Crippen molar-refractivity contribution in [3.05, 3.63) is 29.5 Å². The zero-order valence-corrected chi connectivity index (χ0v) is 10.6. The summed E-state index contributed by atoms with van der Waals surface area (Å²) in [4.78, 5) is 15.7. The molecule has 0 saturated carbocycles. The maximum atomic E-state index is 10.3. The Hall–Kier alpha value is -1.66. The first-order valence-electron chi connectivity index (χ1n) is 5.66. The van der Waals surface area contributed by atoms with E-state index in [1.54, 1.807) is 17.6 Å². The molecule has 0 spiro atoms. The van der Waals surface area contributed by atoms with E-state index in [9.17, 15) is 4.79 Å². The third-order valence-corrected chi connectivity index (χ3v) is 3.19. The van der Waals surface area contributed by atoms with Crippen molar-refractivity contribution >= 4 is 17.3 Å². The molecular formula is C12H14N2O3S. The van der Waals surface area contributed by atoms with E-state index in [-0.39, 0.29) is 6.42 Å². The van der Waals surface area contributed by atoms with Gasteiger partial charge in [0.05, 0.1) is 10.6 Å². The van der Waals surface area contributed by atoms with Crippen LogP contribution in [0.1, 0.15) is 18.5 Å². The van der Waals surface area contributed by atoms with Crippen LogP contribution in [0.2, 0.25) is 0 Å². The van der Waals surface area contributed by atoms with Crippen LogP contribution in [0.15, 0.2) is 28.2 Å². The van der Waals surface area contributed by atoms with E-state index >= 15 is 0 Å². The minimum atomic E-state index is -0.766. The Morgan fingerprint density at radius 3 is 3.17 bits per heavy atom. The predicted octanol–water partition coefficient (Wildman–Crippen LogP) is 2.36. The van der Waals surface area contributed by atoms with Crippen molar-refractivity contribution in [2.24, 2.45) is 0 Å². The van der Waals surface area contributed by atoms with Crippen molar-refractivity contribution in [2.45, 2.75) is 19.4 Å². The Labute approximate surface area is 108 Å². The first kappa shape index (κ1) is 12.8. The molecule has 6 heteroatoms. The van der Waals surface area contributed by atoms with Gasteiger partial charge in [0.1, 0.15) is 6.26 Å². The molecule has 2 aromatic heterocycles. The van der Waals surface area contributed by atoms with E-state index in [0.717, 1.165) is 10.6 Å². The van der Waals surface area contributed by atoms with Gasteiger partial charge in [-0.3, -0.25) is 4.79 Å². The zero-order valence-electron chi connectivity index (χ0n) is 9.76. The summed E-state index contributed by atoms with van der Waals surface area (Å²) in [6.45, 7) is 1.25. The average Bonchev–Trinajstić information content (AvgIpc) is 2.98. The molecule has 0 aliphatic rings. The minimum Gasteiger partial charge on any atom is -0.481 e. The van der Waals surface area contributed by atoms with Crippen LogP contribution in [0.25, 0.3) is 10.8 Å². The second-order valence-corrected chi connectivity index (χ2v) is 4.74. The summed E-state index contributed by atoms with van der Waals surface area (Å²) >= 11 is 1.58. The molecular weight excluding hydrogens is 252 g/mol. The second kappa shape index (κ2) is 6.32. The number of rotatable bonds is 7. The van der Waals surface area contributed by atoms with E-state index in [2.05, 4.69) is 10.3 Å². The lowest BCUT2D eigenvalue weighted by Crippen LogP contribution is -2.15. The summed E-state index contributed by atoms with van der Waals surface area (Å²) in [5.74, 6) is -0.134. The van der Waals surface area contributed by atoms with Gasteiger partial charge >= 0.3 is 5.97 Å². The van der Waals surface area contributed by atoms with Crippen LogP contribution in [-0.4, -0.2) is 22.6 Å². The first-order valence-corrected chi connectivity index (χ1v) is 6.54. The normalized spacial score (nSPS) is 10.7. The van der Waals surface area contributed by atoms with Gasteiger partial charge in [-0.1, -0.05) is 6.07 Å². The maximum Gasteiger partial charge on any atom is 0.303 e. The Kier molecular flexibility index (Phi) is 4.49.